The minimum absolute atomic E-state index is 0.113. The van der Waals surface area contributed by atoms with Crippen molar-refractivity contribution in [3.8, 4) is 0 Å². The zero-order chi connectivity index (χ0) is 10.9. The lowest BCUT2D eigenvalue weighted by Gasteiger charge is -2.05. The summed E-state index contributed by atoms with van der Waals surface area (Å²) in [7, 11) is 0. The molecule has 3 nitrogen and oxygen atoms in total. The molecule has 0 bridgehead atoms. The van der Waals surface area contributed by atoms with E-state index in [0.717, 1.165) is 0 Å². The number of hydrogen-bond acceptors (Lipinski definition) is 2. The van der Waals surface area contributed by atoms with Crippen molar-refractivity contribution in [2.45, 2.75) is 6.18 Å². The van der Waals surface area contributed by atoms with E-state index in [0.29, 0.717) is 11.0 Å². The Bertz CT molecular complexity index is 428. The number of aromatic amines is 1. The van der Waals surface area contributed by atoms with Gasteiger partial charge in [-0.15, -0.1) is 0 Å². The highest BCUT2D eigenvalue weighted by molar-refractivity contribution is 5.76. The van der Waals surface area contributed by atoms with E-state index in [1.807, 2.05) is 0 Å². The van der Waals surface area contributed by atoms with Crippen LogP contribution in [0.15, 0.2) is 18.2 Å². The maximum atomic E-state index is 11.9. The first kappa shape index (κ1) is 9.82. The fourth-order valence-corrected chi connectivity index (χ4v) is 1.16. The molecule has 0 unspecified atom stereocenters. The molecule has 1 radical (unpaired) electrons. The first-order valence-corrected chi connectivity index (χ1v) is 4.21. The normalized spacial score (nSPS) is 11.9. The van der Waals surface area contributed by atoms with Crippen LogP contribution in [-0.2, 0) is 0 Å². The first-order valence-electron chi connectivity index (χ1n) is 4.21. The molecule has 0 amide bonds. The average molecular weight is 214 g/mol. The summed E-state index contributed by atoms with van der Waals surface area (Å²) in [5.74, 6) is 0.113. The molecule has 1 aromatic heterocycles. The van der Waals surface area contributed by atoms with Crippen molar-refractivity contribution in [1.29, 1.82) is 0 Å². The van der Waals surface area contributed by atoms with Crippen molar-refractivity contribution in [2.24, 2.45) is 0 Å². The first-order chi connectivity index (χ1) is 7.04. The largest absolute Gasteiger partial charge is 0.405 e. The summed E-state index contributed by atoms with van der Waals surface area (Å²) < 4.78 is 35.7. The fraction of sp³-hybridized carbons (Fsp3) is 0.222. The van der Waals surface area contributed by atoms with Crippen molar-refractivity contribution < 1.29 is 13.2 Å². The van der Waals surface area contributed by atoms with Gasteiger partial charge in [-0.05, 0) is 18.2 Å². The molecule has 0 aliphatic rings. The Morgan fingerprint density at radius 3 is 2.93 bits per heavy atom. The van der Waals surface area contributed by atoms with Crippen LogP contribution in [0.1, 0.15) is 0 Å². The predicted molar refractivity (Wildman–Crippen MR) is 49.5 cm³/mol. The lowest BCUT2D eigenvalue weighted by atomic mass is 10.3. The molecule has 1 heterocycles. The number of H-pyrrole nitrogens is 1. The number of alkyl halides is 3. The Hall–Kier alpha value is -1.72. The van der Waals surface area contributed by atoms with Gasteiger partial charge in [0.25, 0.3) is 0 Å². The van der Waals surface area contributed by atoms with Gasteiger partial charge in [0.1, 0.15) is 6.54 Å². The van der Waals surface area contributed by atoms with Gasteiger partial charge in [0.15, 0.2) is 0 Å². The molecule has 0 aliphatic heterocycles. The van der Waals surface area contributed by atoms with Crippen molar-refractivity contribution in [3.63, 3.8) is 0 Å². The van der Waals surface area contributed by atoms with Crippen molar-refractivity contribution in [3.05, 3.63) is 24.3 Å². The highest BCUT2D eigenvalue weighted by atomic mass is 19.4. The van der Waals surface area contributed by atoms with E-state index in [9.17, 15) is 13.2 Å². The van der Waals surface area contributed by atoms with Gasteiger partial charge in [0.2, 0.25) is 5.95 Å². The third-order valence-electron chi connectivity index (χ3n) is 1.78. The van der Waals surface area contributed by atoms with Gasteiger partial charge in [-0.2, -0.15) is 13.2 Å². The number of rotatable bonds is 2. The van der Waals surface area contributed by atoms with Crippen LogP contribution < -0.4 is 5.32 Å². The SMILES string of the molecule is FC(F)(F)CNc1nc2cc[c]cc2[nH]1. The van der Waals surface area contributed by atoms with E-state index in [-0.39, 0.29) is 5.95 Å². The molecule has 0 saturated carbocycles. The van der Waals surface area contributed by atoms with Gasteiger partial charge in [0.05, 0.1) is 11.0 Å². The van der Waals surface area contributed by atoms with Gasteiger partial charge in [-0.1, -0.05) is 6.07 Å². The molecular weight excluding hydrogens is 207 g/mol. The average Bonchev–Trinajstić information content (AvgIpc) is 2.56. The topological polar surface area (TPSA) is 40.7 Å². The van der Waals surface area contributed by atoms with Crippen LogP contribution >= 0.6 is 0 Å². The van der Waals surface area contributed by atoms with Gasteiger partial charge in [-0.25, -0.2) is 4.98 Å². The molecule has 2 rings (SSSR count). The van der Waals surface area contributed by atoms with E-state index < -0.39 is 12.7 Å². The predicted octanol–water partition coefficient (Wildman–Crippen LogP) is 2.34. The lowest BCUT2D eigenvalue weighted by Crippen LogP contribution is -2.21. The van der Waals surface area contributed by atoms with E-state index in [1.54, 1.807) is 18.2 Å². The number of halogens is 3. The van der Waals surface area contributed by atoms with E-state index in [4.69, 9.17) is 0 Å². The van der Waals surface area contributed by atoms with Crippen molar-refractivity contribution in [2.75, 3.05) is 11.9 Å². The Labute approximate surface area is 83.3 Å². The smallest absolute Gasteiger partial charge is 0.347 e. The maximum absolute atomic E-state index is 11.9. The van der Waals surface area contributed by atoms with Crippen LogP contribution in [0, 0.1) is 6.07 Å². The zero-order valence-electron chi connectivity index (χ0n) is 7.52. The van der Waals surface area contributed by atoms with E-state index >= 15 is 0 Å². The monoisotopic (exact) mass is 214 g/mol. The molecule has 6 heteroatoms. The molecule has 0 spiro atoms. The highest BCUT2D eigenvalue weighted by Crippen LogP contribution is 2.17. The summed E-state index contributed by atoms with van der Waals surface area (Å²) in [6, 6.07) is 7.75. The molecule has 2 aromatic rings. The van der Waals surface area contributed by atoms with E-state index in [1.165, 1.54) is 0 Å². The molecule has 15 heavy (non-hydrogen) atoms. The Morgan fingerprint density at radius 1 is 1.47 bits per heavy atom. The summed E-state index contributed by atoms with van der Waals surface area (Å²) >= 11 is 0. The number of aromatic nitrogens is 2. The third-order valence-corrected chi connectivity index (χ3v) is 1.78. The second kappa shape index (κ2) is 3.45. The number of nitrogens with zero attached hydrogens (tertiary/aromatic N) is 1. The molecule has 2 N–H and O–H groups in total. The standard InChI is InChI=1S/C9H7F3N3/c10-9(11,12)5-13-8-14-6-3-1-2-4-7(6)15-8/h1,3-4H,5H2,(H2,13,14,15). The zero-order valence-corrected chi connectivity index (χ0v) is 7.52. The number of benzene rings is 1. The molecule has 0 atom stereocenters. The molecular formula is C9H7F3N3. The fourth-order valence-electron chi connectivity index (χ4n) is 1.16. The van der Waals surface area contributed by atoms with Gasteiger partial charge in [0, 0.05) is 0 Å². The molecule has 1 aromatic carbocycles. The van der Waals surface area contributed by atoms with Crippen molar-refractivity contribution in [1.82, 2.24) is 9.97 Å². The van der Waals surface area contributed by atoms with Gasteiger partial charge in [-0.3, -0.25) is 0 Å². The van der Waals surface area contributed by atoms with Crippen LogP contribution in [0.2, 0.25) is 0 Å². The Morgan fingerprint density at radius 2 is 2.27 bits per heavy atom. The van der Waals surface area contributed by atoms with Crippen LogP contribution in [-0.4, -0.2) is 22.7 Å². The summed E-state index contributed by atoms with van der Waals surface area (Å²) in [5.41, 5.74) is 1.26. The second-order valence-electron chi connectivity index (χ2n) is 3.00. The minimum Gasteiger partial charge on any atom is -0.347 e. The molecule has 0 aliphatic carbocycles. The minimum atomic E-state index is -4.24. The summed E-state index contributed by atoms with van der Waals surface area (Å²) in [6.07, 6.45) is -4.24. The number of anilines is 1. The Kier molecular flexibility index (Phi) is 2.26. The van der Waals surface area contributed by atoms with Crippen LogP contribution in [0.5, 0.6) is 0 Å². The van der Waals surface area contributed by atoms with Crippen LogP contribution in [0.25, 0.3) is 11.0 Å². The van der Waals surface area contributed by atoms with E-state index in [2.05, 4.69) is 21.4 Å². The van der Waals surface area contributed by atoms with Crippen LogP contribution in [0.3, 0.4) is 0 Å². The molecule has 79 valence electrons. The summed E-state index contributed by atoms with van der Waals surface area (Å²) in [6.45, 7) is -1.10. The maximum Gasteiger partial charge on any atom is 0.405 e. The van der Waals surface area contributed by atoms with Gasteiger partial charge >= 0.3 is 6.18 Å². The molecule has 0 fully saturated rings. The lowest BCUT2D eigenvalue weighted by molar-refractivity contribution is -0.115. The molecule has 0 saturated heterocycles. The summed E-state index contributed by atoms with van der Waals surface area (Å²) in [4.78, 5) is 6.64. The van der Waals surface area contributed by atoms with Crippen LogP contribution in [0.4, 0.5) is 19.1 Å². The Balaban J connectivity index is 2.16. The number of fused-ring (bicyclic) bond motifs is 1. The summed E-state index contributed by atoms with van der Waals surface area (Å²) in [5, 5.41) is 2.17. The number of hydrogen-bond donors (Lipinski definition) is 2. The highest BCUT2D eigenvalue weighted by Gasteiger charge is 2.27. The van der Waals surface area contributed by atoms with Crippen molar-refractivity contribution >= 4 is 17.0 Å². The number of imidazole rings is 1. The third kappa shape index (κ3) is 2.39. The second-order valence-corrected chi connectivity index (χ2v) is 3.00. The van der Waals surface area contributed by atoms with Gasteiger partial charge < -0.3 is 10.3 Å². The quantitative estimate of drug-likeness (QED) is 0.805. The number of nitrogens with one attached hydrogen (secondary N) is 2.